The summed E-state index contributed by atoms with van der Waals surface area (Å²) in [6.07, 6.45) is -4.60. The first kappa shape index (κ1) is 21.6. The van der Waals surface area contributed by atoms with Gasteiger partial charge in [0.2, 0.25) is 0 Å². The van der Waals surface area contributed by atoms with Crippen molar-refractivity contribution in [1.29, 1.82) is 0 Å². The van der Waals surface area contributed by atoms with Crippen LogP contribution in [0.2, 0.25) is 0 Å². The van der Waals surface area contributed by atoms with Gasteiger partial charge in [-0.25, -0.2) is 0 Å². The second-order valence-corrected chi connectivity index (χ2v) is 6.85. The Morgan fingerprint density at radius 2 is 1.75 bits per heavy atom. The van der Waals surface area contributed by atoms with Crippen LogP contribution in [0.4, 0.5) is 13.2 Å². The lowest BCUT2D eigenvalue weighted by atomic mass is 10.0. The lowest BCUT2D eigenvalue weighted by Gasteiger charge is -2.19. The summed E-state index contributed by atoms with van der Waals surface area (Å²) in [5, 5.41) is 2.61. The minimum absolute atomic E-state index is 0.344. The standard InChI is InChI=1S/C21H24F3NO3/c1-13(2)12-28-18-10-9-15(11-19(18)27-4)14(3)25-20(26)16-7-5-6-8-17(16)21(22,23)24/h5-11,13-14H,12H2,1-4H3,(H,25,26). The molecule has 0 saturated carbocycles. The van der Waals surface area contributed by atoms with E-state index in [4.69, 9.17) is 9.47 Å². The molecule has 0 aromatic heterocycles. The monoisotopic (exact) mass is 395 g/mol. The van der Waals surface area contributed by atoms with Crippen LogP contribution in [0.3, 0.4) is 0 Å². The van der Waals surface area contributed by atoms with Gasteiger partial charge in [0, 0.05) is 0 Å². The zero-order valence-corrected chi connectivity index (χ0v) is 16.3. The van der Waals surface area contributed by atoms with Crippen LogP contribution in [0.5, 0.6) is 11.5 Å². The second-order valence-electron chi connectivity index (χ2n) is 6.85. The zero-order valence-electron chi connectivity index (χ0n) is 16.3. The molecule has 0 aliphatic heterocycles. The maximum absolute atomic E-state index is 13.1. The fourth-order valence-electron chi connectivity index (χ4n) is 2.62. The highest BCUT2D eigenvalue weighted by atomic mass is 19.4. The third-order valence-electron chi connectivity index (χ3n) is 4.08. The first-order valence-corrected chi connectivity index (χ1v) is 8.91. The summed E-state index contributed by atoms with van der Waals surface area (Å²) in [5.41, 5.74) is -0.688. The summed E-state index contributed by atoms with van der Waals surface area (Å²) < 4.78 is 50.4. The fraction of sp³-hybridized carbons (Fsp3) is 0.381. The van der Waals surface area contributed by atoms with Gasteiger partial charge in [-0.1, -0.05) is 32.0 Å². The highest BCUT2D eigenvalue weighted by Gasteiger charge is 2.35. The van der Waals surface area contributed by atoms with E-state index in [9.17, 15) is 18.0 Å². The lowest BCUT2D eigenvalue weighted by Crippen LogP contribution is -2.28. The fourth-order valence-corrected chi connectivity index (χ4v) is 2.62. The van der Waals surface area contributed by atoms with Gasteiger partial charge in [-0.05, 0) is 42.7 Å². The van der Waals surface area contributed by atoms with Gasteiger partial charge in [-0.3, -0.25) is 4.79 Å². The Labute approximate surface area is 162 Å². The molecule has 0 aliphatic rings. The Morgan fingerprint density at radius 1 is 1.07 bits per heavy atom. The summed E-state index contributed by atoms with van der Waals surface area (Å²) in [4.78, 5) is 12.4. The van der Waals surface area contributed by atoms with Gasteiger partial charge in [0.1, 0.15) is 0 Å². The zero-order chi connectivity index (χ0) is 20.9. The number of methoxy groups -OCH3 is 1. The number of alkyl halides is 3. The molecular weight excluding hydrogens is 371 g/mol. The quantitative estimate of drug-likeness (QED) is 0.697. The number of nitrogens with one attached hydrogen (secondary N) is 1. The minimum Gasteiger partial charge on any atom is -0.493 e. The molecule has 152 valence electrons. The molecular formula is C21H24F3NO3. The molecule has 1 amide bonds. The van der Waals surface area contributed by atoms with Crippen LogP contribution in [-0.4, -0.2) is 19.6 Å². The third kappa shape index (κ3) is 5.41. The number of hydrogen-bond donors (Lipinski definition) is 1. The largest absolute Gasteiger partial charge is 0.493 e. The summed E-state index contributed by atoms with van der Waals surface area (Å²) >= 11 is 0. The van der Waals surface area contributed by atoms with E-state index in [-0.39, 0.29) is 0 Å². The molecule has 1 unspecified atom stereocenters. The van der Waals surface area contributed by atoms with Crippen molar-refractivity contribution in [3.05, 3.63) is 59.2 Å². The number of amides is 1. The normalized spacial score (nSPS) is 12.6. The molecule has 0 radical (unpaired) electrons. The lowest BCUT2D eigenvalue weighted by molar-refractivity contribution is -0.137. The number of carbonyl (C=O) groups is 1. The predicted octanol–water partition coefficient (Wildman–Crippen LogP) is 5.24. The van der Waals surface area contributed by atoms with Crippen molar-refractivity contribution in [1.82, 2.24) is 5.32 Å². The van der Waals surface area contributed by atoms with Crippen molar-refractivity contribution in [2.45, 2.75) is 33.0 Å². The van der Waals surface area contributed by atoms with E-state index in [0.29, 0.717) is 29.6 Å². The summed E-state index contributed by atoms with van der Waals surface area (Å²) in [7, 11) is 1.50. The number of ether oxygens (including phenoxy) is 2. The number of benzene rings is 2. The van der Waals surface area contributed by atoms with E-state index < -0.39 is 29.3 Å². The van der Waals surface area contributed by atoms with Gasteiger partial charge in [0.15, 0.2) is 11.5 Å². The van der Waals surface area contributed by atoms with Crippen molar-refractivity contribution < 1.29 is 27.4 Å². The summed E-state index contributed by atoms with van der Waals surface area (Å²) in [5.74, 6) is 0.617. The van der Waals surface area contributed by atoms with Gasteiger partial charge in [0.25, 0.3) is 5.91 Å². The highest BCUT2D eigenvalue weighted by molar-refractivity contribution is 5.96. The van der Waals surface area contributed by atoms with Crippen LogP contribution in [-0.2, 0) is 6.18 Å². The molecule has 1 atom stereocenters. The van der Waals surface area contributed by atoms with E-state index >= 15 is 0 Å². The Hall–Kier alpha value is -2.70. The number of halogens is 3. The molecule has 0 bridgehead atoms. The van der Waals surface area contributed by atoms with E-state index in [0.717, 1.165) is 12.1 Å². The van der Waals surface area contributed by atoms with Gasteiger partial charge in [-0.15, -0.1) is 0 Å². The van der Waals surface area contributed by atoms with Crippen molar-refractivity contribution in [2.24, 2.45) is 5.92 Å². The van der Waals surface area contributed by atoms with Crippen LogP contribution in [0.1, 0.15) is 48.3 Å². The minimum atomic E-state index is -4.60. The van der Waals surface area contributed by atoms with E-state index in [1.165, 1.54) is 19.2 Å². The van der Waals surface area contributed by atoms with Crippen molar-refractivity contribution in [3.63, 3.8) is 0 Å². The van der Waals surface area contributed by atoms with Gasteiger partial charge in [-0.2, -0.15) is 13.2 Å². The molecule has 2 aromatic carbocycles. The molecule has 7 heteroatoms. The van der Waals surface area contributed by atoms with Gasteiger partial charge < -0.3 is 14.8 Å². The van der Waals surface area contributed by atoms with E-state index in [1.54, 1.807) is 25.1 Å². The molecule has 2 rings (SSSR count). The Balaban J connectivity index is 2.19. The number of carbonyl (C=O) groups excluding carboxylic acids is 1. The summed E-state index contributed by atoms with van der Waals surface area (Å²) in [6.45, 7) is 6.27. The average Bonchev–Trinajstić information content (AvgIpc) is 2.65. The average molecular weight is 395 g/mol. The first-order valence-electron chi connectivity index (χ1n) is 8.91. The molecule has 28 heavy (non-hydrogen) atoms. The van der Waals surface area contributed by atoms with Crippen LogP contribution < -0.4 is 14.8 Å². The number of rotatable bonds is 7. The molecule has 0 spiro atoms. The molecule has 1 N–H and O–H groups in total. The molecule has 0 fully saturated rings. The van der Waals surface area contributed by atoms with Gasteiger partial charge >= 0.3 is 6.18 Å². The third-order valence-corrected chi connectivity index (χ3v) is 4.08. The second kappa shape index (κ2) is 8.99. The molecule has 0 heterocycles. The van der Waals surface area contributed by atoms with Crippen LogP contribution >= 0.6 is 0 Å². The Bertz CT molecular complexity index is 819. The number of hydrogen-bond acceptors (Lipinski definition) is 3. The molecule has 4 nitrogen and oxygen atoms in total. The molecule has 2 aromatic rings. The van der Waals surface area contributed by atoms with Gasteiger partial charge in [0.05, 0.1) is 30.9 Å². The summed E-state index contributed by atoms with van der Waals surface area (Å²) in [6, 6.07) is 9.36. The maximum Gasteiger partial charge on any atom is 0.417 e. The van der Waals surface area contributed by atoms with Crippen molar-refractivity contribution in [3.8, 4) is 11.5 Å². The van der Waals surface area contributed by atoms with E-state index in [1.807, 2.05) is 13.8 Å². The van der Waals surface area contributed by atoms with Crippen LogP contribution in [0, 0.1) is 5.92 Å². The van der Waals surface area contributed by atoms with Crippen LogP contribution in [0.15, 0.2) is 42.5 Å². The predicted molar refractivity (Wildman–Crippen MR) is 101 cm³/mol. The van der Waals surface area contributed by atoms with Crippen molar-refractivity contribution >= 4 is 5.91 Å². The van der Waals surface area contributed by atoms with Crippen LogP contribution in [0.25, 0.3) is 0 Å². The van der Waals surface area contributed by atoms with Crippen molar-refractivity contribution in [2.75, 3.05) is 13.7 Å². The molecule has 0 aliphatic carbocycles. The Morgan fingerprint density at radius 3 is 2.36 bits per heavy atom. The van der Waals surface area contributed by atoms with E-state index in [2.05, 4.69) is 5.32 Å². The maximum atomic E-state index is 13.1. The first-order chi connectivity index (χ1) is 13.1. The SMILES string of the molecule is COc1cc(C(C)NC(=O)c2ccccc2C(F)(F)F)ccc1OCC(C)C. The molecule has 0 saturated heterocycles. The topological polar surface area (TPSA) is 47.6 Å². The highest BCUT2D eigenvalue weighted by Crippen LogP contribution is 2.33. The smallest absolute Gasteiger partial charge is 0.417 e. The Kier molecular flexibility index (Phi) is 6.94.